The van der Waals surface area contributed by atoms with E-state index in [9.17, 15) is 0 Å². The Labute approximate surface area is 152 Å². The molecule has 0 aliphatic carbocycles. The average molecular weight is 353 g/mol. The number of aromatic nitrogens is 4. The number of ether oxygens (including phenoxy) is 1. The van der Waals surface area contributed by atoms with E-state index in [0.717, 1.165) is 54.3 Å². The van der Waals surface area contributed by atoms with E-state index in [1.54, 1.807) is 6.20 Å². The Bertz CT molecular complexity index is 838. The Balaban J connectivity index is 1.35. The molecule has 3 aromatic heterocycles. The average Bonchev–Trinajstić information content (AvgIpc) is 3.37. The van der Waals surface area contributed by atoms with Gasteiger partial charge >= 0.3 is 0 Å². The molecule has 1 fully saturated rings. The van der Waals surface area contributed by atoms with Gasteiger partial charge in [0, 0.05) is 48.7 Å². The van der Waals surface area contributed by atoms with Crippen LogP contribution in [0, 0.1) is 13.8 Å². The first-order valence-electron chi connectivity index (χ1n) is 8.89. The van der Waals surface area contributed by atoms with Gasteiger partial charge in [-0.1, -0.05) is 5.16 Å². The maximum Gasteiger partial charge on any atom is 0.139 e. The van der Waals surface area contributed by atoms with E-state index in [0.29, 0.717) is 6.61 Å². The van der Waals surface area contributed by atoms with Gasteiger partial charge in [0.1, 0.15) is 5.76 Å². The SMILES string of the molecule is Cc1noc(C)c1COC1CCN(Cc2cn[nH]c2-c2cccnc2)C1. The molecule has 7 heteroatoms. The van der Waals surface area contributed by atoms with Gasteiger partial charge in [0.25, 0.3) is 0 Å². The molecule has 1 saturated heterocycles. The lowest BCUT2D eigenvalue weighted by atomic mass is 10.1. The van der Waals surface area contributed by atoms with Gasteiger partial charge in [-0.05, 0) is 32.4 Å². The molecular formula is C19H23N5O2. The Morgan fingerprint density at radius 3 is 3.04 bits per heavy atom. The van der Waals surface area contributed by atoms with Crippen molar-refractivity contribution in [2.75, 3.05) is 13.1 Å². The minimum absolute atomic E-state index is 0.234. The summed E-state index contributed by atoms with van der Waals surface area (Å²) in [5, 5.41) is 11.3. The van der Waals surface area contributed by atoms with Crippen LogP contribution in [-0.2, 0) is 17.9 Å². The first-order chi connectivity index (χ1) is 12.7. The standard InChI is InChI=1S/C19H23N5O2/c1-13-18(14(2)26-23-13)12-25-17-5-7-24(11-17)10-16-9-21-22-19(16)15-4-3-6-20-8-15/h3-4,6,8-9,17H,5,7,10-12H2,1-2H3,(H,21,22). The van der Waals surface area contributed by atoms with Crippen molar-refractivity contribution in [1.29, 1.82) is 0 Å². The molecule has 1 N–H and O–H groups in total. The van der Waals surface area contributed by atoms with E-state index in [-0.39, 0.29) is 6.10 Å². The zero-order chi connectivity index (χ0) is 17.9. The van der Waals surface area contributed by atoms with Gasteiger partial charge in [0.15, 0.2) is 0 Å². The summed E-state index contributed by atoms with van der Waals surface area (Å²) in [5.41, 5.74) is 5.27. The molecule has 7 nitrogen and oxygen atoms in total. The molecule has 1 aliphatic heterocycles. The second-order valence-corrected chi connectivity index (χ2v) is 6.77. The van der Waals surface area contributed by atoms with Crippen LogP contribution < -0.4 is 0 Å². The summed E-state index contributed by atoms with van der Waals surface area (Å²) in [7, 11) is 0. The molecule has 4 rings (SSSR count). The second-order valence-electron chi connectivity index (χ2n) is 6.77. The molecule has 4 heterocycles. The maximum atomic E-state index is 6.10. The summed E-state index contributed by atoms with van der Waals surface area (Å²) in [6, 6.07) is 3.98. The fourth-order valence-electron chi connectivity index (χ4n) is 3.42. The highest BCUT2D eigenvalue weighted by Gasteiger charge is 2.25. The molecule has 0 saturated carbocycles. The Morgan fingerprint density at radius 2 is 2.27 bits per heavy atom. The van der Waals surface area contributed by atoms with Crippen molar-refractivity contribution in [1.82, 2.24) is 25.2 Å². The summed E-state index contributed by atoms with van der Waals surface area (Å²) in [6.45, 7) is 7.23. The number of hydrogen-bond donors (Lipinski definition) is 1. The lowest BCUT2D eigenvalue weighted by Crippen LogP contribution is -2.23. The maximum absolute atomic E-state index is 6.10. The fourth-order valence-corrected chi connectivity index (χ4v) is 3.42. The number of rotatable bonds is 6. The molecule has 0 amide bonds. The van der Waals surface area contributed by atoms with Gasteiger partial charge in [0.2, 0.25) is 0 Å². The Morgan fingerprint density at radius 1 is 1.35 bits per heavy atom. The van der Waals surface area contributed by atoms with Gasteiger partial charge in [-0.3, -0.25) is 15.0 Å². The van der Waals surface area contributed by atoms with Crippen LogP contribution >= 0.6 is 0 Å². The largest absolute Gasteiger partial charge is 0.372 e. The van der Waals surface area contributed by atoms with E-state index < -0.39 is 0 Å². The normalized spacial score (nSPS) is 17.8. The van der Waals surface area contributed by atoms with Crippen LogP contribution in [0.25, 0.3) is 11.3 Å². The number of hydrogen-bond acceptors (Lipinski definition) is 6. The summed E-state index contributed by atoms with van der Waals surface area (Å²) in [5.74, 6) is 0.844. The summed E-state index contributed by atoms with van der Waals surface area (Å²) in [6.07, 6.45) is 6.80. The minimum Gasteiger partial charge on any atom is -0.372 e. The number of nitrogens with one attached hydrogen (secondary N) is 1. The topological polar surface area (TPSA) is 80.1 Å². The van der Waals surface area contributed by atoms with Crippen LogP contribution in [0.5, 0.6) is 0 Å². The highest BCUT2D eigenvalue weighted by molar-refractivity contribution is 5.61. The predicted octanol–water partition coefficient (Wildman–Crippen LogP) is 2.87. The van der Waals surface area contributed by atoms with E-state index in [1.807, 2.05) is 38.4 Å². The number of aryl methyl sites for hydroxylation is 2. The summed E-state index contributed by atoms with van der Waals surface area (Å²) < 4.78 is 11.3. The van der Waals surface area contributed by atoms with Crippen LogP contribution in [0.4, 0.5) is 0 Å². The van der Waals surface area contributed by atoms with Gasteiger partial charge < -0.3 is 9.26 Å². The van der Waals surface area contributed by atoms with Crippen LogP contribution in [0.15, 0.2) is 35.2 Å². The van der Waals surface area contributed by atoms with Gasteiger partial charge in [0.05, 0.1) is 30.3 Å². The molecule has 1 atom stereocenters. The summed E-state index contributed by atoms with van der Waals surface area (Å²) in [4.78, 5) is 6.60. The number of pyridine rings is 1. The molecule has 0 spiro atoms. The molecule has 0 radical (unpaired) electrons. The van der Waals surface area contributed by atoms with E-state index >= 15 is 0 Å². The highest BCUT2D eigenvalue weighted by atomic mass is 16.5. The predicted molar refractivity (Wildman–Crippen MR) is 96.3 cm³/mol. The van der Waals surface area contributed by atoms with Gasteiger partial charge in [-0.15, -0.1) is 0 Å². The number of H-pyrrole nitrogens is 1. The van der Waals surface area contributed by atoms with Gasteiger partial charge in [-0.2, -0.15) is 5.10 Å². The van der Waals surface area contributed by atoms with Crippen molar-refractivity contribution in [3.8, 4) is 11.3 Å². The molecule has 0 aromatic carbocycles. The van der Waals surface area contributed by atoms with Crippen molar-refractivity contribution >= 4 is 0 Å². The van der Waals surface area contributed by atoms with E-state index in [1.165, 1.54) is 5.56 Å². The van der Waals surface area contributed by atoms with Crippen LogP contribution in [0.3, 0.4) is 0 Å². The van der Waals surface area contributed by atoms with Crippen LogP contribution in [-0.4, -0.2) is 44.4 Å². The molecule has 26 heavy (non-hydrogen) atoms. The van der Waals surface area contributed by atoms with Gasteiger partial charge in [-0.25, -0.2) is 0 Å². The third-order valence-corrected chi connectivity index (χ3v) is 4.94. The van der Waals surface area contributed by atoms with Crippen molar-refractivity contribution in [2.24, 2.45) is 0 Å². The first-order valence-corrected chi connectivity index (χ1v) is 8.89. The Kier molecular flexibility index (Phi) is 4.81. The number of likely N-dealkylation sites (tertiary alicyclic amines) is 1. The molecular weight excluding hydrogens is 330 g/mol. The second kappa shape index (κ2) is 7.39. The van der Waals surface area contributed by atoms with Crippen molar-refractivity contribution in [3.05, 3.63) is 53.3 Å². The Hall–Kier alpha value is -2.51. The lowest BCUT2D eigenvalue weighted by molar-refractivity contribution is 0.0453. The quantitative estimate of drug-likeness (QED) is 0.734. The molecule has 136 valence electrons. The third-order valence-electron chi connectivity index (χ3n) is 4.94. The molecule has 3 aromatic rings. The molecule has 0 bridgehead atoms. The zero-order valence-electron chi connectivity index (χ0n) is 15.1. The van der Waals surface area contributed by atoms with Crippen LogP contribution in [0.2, 0.25) is 0 Å². The highest BCUT2D eigenvalue weighted by Crippen LogP contribution is 2.24. The minimum atomic E-state index is 0.234. The number of aromatic amines is 1. The van der Waals surface area contributed by atoms with Crippen molar-refractivity contribution < 1.29 is 9.26 Å². The van der Waals surface area contributed by atoms with Crippen LogP contribution in [0.1, 0.15) is 29.0 Å². The van der Waals surface area contributed by atoms with E-state index in [2.05, 4.69) is 25.2 Å². The third kappa shape index (κ3) is 3.54. The smallest absolute Gasteiger partial charge is 0.139 e. The molecule has 1 aliphatic rings. The summed E-state index contributed by atoms with van der Waals surface area (Å²) >= 11 is 0. The number of nitrogens with zero attached hydrogens (tertiary/aromatic N) is 4. The van der Waals surface area contributed by atoms with Crippen molar-refractivity contribution in [2.45, 2.75) is 39.5 Å². The lowest BCUT2D eigenvalue weighted by Gasteiger charge is -2.16. The van der Waals surface area contributed by atoms with E-state index in [4.69, 9.17) is 9.26 Å². The van der Waals surface area contributed by atoms with Crippen molar-refractivity contribution in [3.63, 3.8) is 0 Å². The molecule has 1 unspecified atom stereocenters. The first kappa shape index (κ1) is 16.9. The monoisotopic (exact) mass is 353 g/mol. The zero-order valence-corrected chi connectivity index (χ0v) is 15.1. The fraction of sp³-hybridized carbons (Fsp3) is 0.421.